The van der Waals surface area contributed by atoms with Gasteiger partial charge in [-0.3, -0.25) is 4.79 Å². The summed E-state index contributed by atoms with van der Waals surface area (Å²) in [6.45, 7) is 0.446. The van der Waals surface area contributed by atoms with Crippen molar-refractivity contribution in [3.8, 4) is 11.8 Å². The van der Waals surface area contributed by atoms with E-state index < -0.39 is 0 Å². The molecule has 0 unspecified atom stereocenters. The lowest BCUT2D eigenvalue weighted by Gasteiger charge is -2.08. The Morgan fingerprint density at radius 2 is 2.15 bits per heavy atom. The van der Waals surface area contributed by atoms with Crippen LogP contribution in [0.5, 0.6) is 5.75 Å². The van der Waals surface area contributed by atoms with Crippen LogP contribution in [0.1, 0.15) is 12.0 Å². The van der Waals surface area contributed by atoms with Gasteiger partial charge in [0.25, 0.3) is 5.56 Å². The van der Waals surface area contributed by atoms with Crippen LogP contribution in [0.2, 0.25) is 0 Å². The molecule has 0 aliphatic carbocycles. The fraction of sp³-hybridized carbons (Fsp3) is 0.200. The Labute approximate surface area is 115 Å². The lowest BCUT2D eigenvalue weighted by atomic mass is 10.2. The molecular weight excluding hydrogens is 259 g/mol. The number of pyridine rings is 1. The number of hydrogen-bond acceptors (Lipinski definition) is 3. The van der Waals surface area contributed by atoms with E-state index in [2.05, 4.69) is 0 Å². The van der Waals surface area contributed by atoms with Crippen LogP contribution in [0.25, 0.3) is 0 Å². The molecular formula is C15H13FN2O2. The highest BCUT2D eigenvalue weighted by Gasteiger charge is 2.05. The maximum Gasteiger partial charge on any atom is 0.292 e. The minimum atomic E-state index is -0.342. The van der Waals surface area contributed by atoms with Gasteiger partial charge in [-0.05, 0) is 29.8 Å². The van der Waals surface area contributed by atoms with Crippen LogP contribution >= 0.6 is 0 Å². The van der Waals surface area contributed by atoms with Crippen molar-refractivity contribution in [1.82, 2.24) is 4.57 Å². The summed E-state index contributed by atoms with van der Waals surface area (Å²) in [5.74, 6) is -0.153. The molecule has 0 bridgehead atoms. The monoisotopic (exact) mass is 272 g/mol. The highest BCUT2D eigenvalue weighted by Crippen LogP contribution is 2.09. The first-order chi connectivity index (χ1) is 9.70. The summed E-state index contributed by atoms with van der Waals surface area (Å²) in [7, 11) is 0. The Morgan fingerprint density at radius 1 is 1.30 bits per heavy atom. The molecule has 0 radical (unpaired) electrons. The van der Waals surface area contributed by atoms with E-state index in [4.69, 9.17) is 10.00 Å². The minimum Gasteiger partial charge on any atom is -0.483 e. The Hall–Kier alpha value is -2.61. The second-order valence-electron chi connectivity index (χ2n) is 4.20. The quantitative estimate of drug-likeness (QED) is 0.840. The third kappa shape index (κ3) is 3.45. The number of aryl methyl sites for hydroxylation is 1. The van der Waals surface area contributed by atoms with Crippen molar-refractivity contribution in [3.05, 3.63) is 64.3 Å². The van der Waals surface area contributed by atoms with Crippen molar-refractivity contribution in [3.63, 3.8) is 0 Å². The Morgan fingerprint density at radius 3 is 2.90 bits per heavy atom. The molecule has 102 valence electrons. The molecule has 1 aromatic heterocycles. The van der Waals surface area contributed by atoms with Crippen LogP contribution in [0, 0.1) is 17.1 Å². The molecule has 0 saturated carbocycles. The standard InChI is InChI=1S/C15H13FN2O2/c16-13-5-1-4-12(10-13)11-20-14-6-2-8-18(15(14)19)9-3-7-17/h1-2,4-6,8,10H,3,9,11H2. The van der Waals surface area contributed by atoms with Crippen molar-refractivity contribution in [2.45, 2.75) is 19.6 Å². The number of halogens is 1. The van der Waals surface area contributed by atoms with Gasteiger partial charge in [-0.2, -0.15) is 5.26 Å². The molecule has 0 fully saturated rings. The lowest BCUT2D eigenvalue weighted by molar-refractivity contribution is 0.298. The van der Waals surface area contributed by atoms with Gasteiger partial charge >= 0.3 is 0 Å². The molecule has 20 heavy (non-hydrogen) atoms. The molecule has 0 saturated heterocycles. The molecule has 0 aliphatic rings. The number of benzene rings is 1. The second-order valence-corrected chi connectivity index (χ2v) is 4.20. The average Bonchev–Trinajstić information content (AvgIpc) is 2.45. The highest BCUT2D eigenvalue weighted by molar-refractivity contribution is 5.20. The molecule has 0 atom stereocenters. The van der Waals surface area contributed by atoms with E-state index in [0.29, 0.717) is 12.1 Å². The first-order valence-electron chi connectivity index (χ1n) is 6.14. The Kier molecular flexibility index (Phi) is 4.51. The molecule has 1 aromatic carbocycles. The van der Waals surface area contributed by atoms with Gasteiger partial charge in [0.2, 0.25) is 0 Å². The van der Waals surface area contributed by atoms with Gasteiger partial charge in [-0.15, -0.1) is 0 Å². The van der Waals surface area contributed by atoms with Gasteiger partial charge in [0, 0.05) is 12.7 Å². The molecule has 5 heteroatoms. The Balaban J connectivity index is 2.10. The van der Waals surface area contributed by atoms with E-state index in [0.717, 1.165) is 0 Å². The predicted octanol–water partition coefficient (Wildman–Crippen LogP) is 2.48. The zero-order chi connectivity index (χ0) is 14.4. The maximum absolute atomic E-state index is 13.0. The number of ether oxygens (including phenoxy) is 1. The minimum absolute atomic E-state index is 0.120. The zero-order valence-corrected chi connectivity index (χ0v) is 10.8. The molecule has 0 aliphatic heterocycles. The molecule has 2 aromatic rings. The van der Waals surface area contributed by atoms with Crippen molar-refractivity contribution in [1.29, 1.82) is 5.26 Å². The van der Waals surface area contributed by atoms with Gasteiger partial charge in [0.1, 0.15) is 12.4 Å². The van der Waals surface area contributed by atoms with Gasteiger partial charge in [-0.1, -0.05) is 12.1 Å². The summed E-state index contributed by atoms with van der Waals surface area (Å²) < 4.78 is 19.9. The largest absolute Gasteiger partial charge is 0.483 e. The number of nitriles is 1. The van der Waals surface area contributed by atoms with E-state index in [1.807, 2.05) is 6.07 Å². The van der Waals surface area contributed by atoms with Crippen molar-refractivity contribution < 1.29 is 9.13 Å². The fourth-order valence-corrected chi connectivity index (χ4v) is 1.76. The number of aromatic nitrogens is 1. The summed E-state index contributed by atoms with van der Waals surface area (Å²) in [5, 5.41) is 8.53. The topological polar surface area (TPSA) is 55.0 Å². The number of nitrogens with zero attached hydrogens (tertiary/aromatic N) is 2. The van der Waals surface area contributed by atoms with Crippen LogP contribution in [0.15, 0.2) is 47.4 Å². The third-order valence-electron chi connectivity index (χ3n) is 2.73. The van der Waals surface area contributed by atoms with Crippen LogP contribution in [-0.4, -0.2) is 4.57 Å². The van der Waals surface area contributed by atoms with E-state index in [1.165, 1.54) is 16.7 Å². The highest BCUT2D eigenvalue weighted by atomic mass is 19.1. The van der Waals surface area contributed by atoms with Gasteiger partial charge < -0.3 is 9.30 Å². The number of rotatable bonds is 5. The molecule has 0 spiro atoms. The molecule has 4 nitrogen and oxygen atoms in total. The predicted molar refractivity (Wildman–Crippen MR) is 71.7 cm³/mol. The van der Waals surface area contributed by atoms with Crippen molar-refractivity contribution >= 4 is 0 Å². The Bertz CT molecular complexity index is 689. The normalized spacial score (nSPS) is 10.0. The SMILES string of the molecule is N#CCCn1cccc(OCc2cccc(F)c2)c1=O. The summed E-state index contributed by atoms with van der Waals surface area (Å²) in [6.07, 6.45) is 1.86. The van der Waals surface area contributed by atoms with Crippen LogP contribution < -0.4 is 10.3 Å². The summed E-state index contributed by atoms with van der Waals surface area (Å²) in [6, 6.07) is 11.2. The molecule has 1 heterocycles. The van der Waals surface area contributed by atoms with Crippen LogP contribution in [-0.2, 0) is 13.2 Å². The van der Waals surface area contributed by atoms with E-state index in [-0.39, 0.29) is 30.2 Å². The van der Waals surface area contributed by atoms with Crippen molar-refractivity contribution in [2.75, 3.05) is 0 Å². The van der Waals surface area contributed by atoms with Crippen molar-refractivity contribution in [2.24, 2.45) is 0 Å². The summed E-state index contributed by atoms with van der Waals surface area (Å²) in [4.78, 5) is 12.0. The average molecular weight is 272 g/mol. The summed E-state index contributed by atoms with van der Waals surface area (Å²) in [5.41, 5.74) is 0.357. The molecule has 2 rings (SSSR count). The third-order valence-corrected chi connectivity index (χ3v) is 2.73. The lowest BCUT2D eigenvalue weighted by Crippen LogP contribution is -2.21. The van der Waals surface area contributed by atoms with Gasteiger partial charge in [-0.25, -0.2) is 4.39 Å². The second kappa shape index (κ2) is 6.53. The van der Waals surface area contributed by atoms with E-state index >= 15 is 0 Å². The zero-order valence-electron chi connectivity index (χ0n) is 10.8. The van der Waals surface area contributed by atoms with Crippen LogP contribution in [0.3, 0.4) is 0 Å². The fourth-order valence-electron chi connectivity index (χ4n) is 1.76. The smallest absolute Gasteiger partial charge is 0.292 e. The first-order valence-corrected chi connectivity index (χ1v) is 6.14. The maximum atomic E-state index is 13.0. The molecule has 0 N–H and O–H groups in total. The van der Waals surface area contributed by atoms with Gasteiger partial charge in [0.05, 0.1) is 12.5 Å². The van der Waals surface area contributed by atoms with Gasteiger partial charge in [0.15, 0.2) is 5.75 Å². The first kappa shape index (κ1) is 13.8. The summed E-state index contributed by atoms with van der Waals surface area (Å²) >= 11 is 0. The van der Waals surface area contributed by atoms with Crippen LogP contribution in [0.4, 0.5) is 4.39 Å². The molecule has 0 amide bonds. The van der Waals surface area contributed by atoms with E-state index in [1.54, 1.807) is 30.5 Å². The van der Waals surface area contributed by atoms with E-state index in [9.17, 15) is 9.18 Å². The number of hydrogen-bond donors (Lipinski definition) is 0.